The molecule has 5 rings (SSSR count). The second-order valence-corrected chi connectivity index (χ2v) is 11.9. The summed E-state index contributed by atoms with van der Waals surface area (Å²) >= 11 is 9.69. The Morgan fingerprint density at radius 1 is 1.09 bits per heavy atom. The van der Waals surface area contributed by atoms with Crippen LogP contribution in [-0.4, -0.2) is 27.4 Å². The Labute approximate surface area is 227 Å². The van der Waals surface area contributed by atoms with Crippen LogP contribution in [0.15, 0.2) is 72.5 Å². The summed E-state index contributed by atoms with van der Waals surface area (Å²) in [6.45, 7) is 0. The number of thiophene rings is 1. The Morgan fingerprint density at radius 2 is 1.77 bits per heavy atom. The number of halogens is 2. The number of fused-ring (bicyclic) bond motifs is 3. The smallest absolute Gasteiger partial charge is 0.267 e. The molecule has 0 fully saturated rings. The highest BCUT2D eigenvalue weighted by Crippen LogP contribution is 2.35. The van der Waals surface area contributed by atoms with Crippen molar-refractivity contribution < 1.29 is 4.79 Å². The fourth-order valence-corrected chi connectivity index (χ4v) is 6.63. The lowest BCUT2D eigenvalue weighted by molar-refractivity contribution is -0.118. The van der Waals surface area contributed by atoms with Crippen molar-refractivity contribution in [2.45, 2.75) is 30.8 Å². The second kappa shape index (κ2) is 10.8. The van der Waals surface area contributed by atoms with E-state index in [0.717, 1.165) is 61.7 Å². The van der Waals surface area contributed by atoms with Crippen molar-refractivity contribution in [3.63, 3.8) is 0 Å². The number of carbonyl (C=O) groups excluding carboxylic acids is 1. The number of aryl methyl sites for hydroxylation is 2. The van der Waals surface area contributed by atoms with Gasteiger partial charge in [-0.1, -0.05) is 55.8 Å². The molecule has 4 aromatic rings. The lowest BCUT2D eigenvalue weighted by Crippen LogP contribution is -2.24. The van der Waals surface area contributed by atoms with Crippen LogP contribution >= 0.6 is 55.0 Å². The van der Waals surface area contributed by atoms with Crippen molar-refractivity contribution in [3.05, 3.63) is 83.8 Å². The largest absolute Gasteiger partial charge is 0.272 e. The van der Waals surface area contributed by atoms with E-state index < -0.39 is 0 Å². The van der Waals surface area contributed by atoms with Crippen molar-refractivity contribution in [1.82, 2.24) is 15.0 Å². The maximum Gasteiger partial charge on any atom is 0.267 e. The van der Waals surface area contributed by atoms with E-state index in [4.69, 9.17) is 4.98 Å². The summed E-state index contributed by atoms with van der Waals surface area (Å²) in [5, 5.41) is 5.26. The molecule has 10 heteroatoms. The molecule has 0 atom stereocenters. The van der Waals surface area contributed by atoms with Crippen LogP contribution in [0.25, 0.3) is 15.9 Å². The molecule has 35 heavy (non-hydrogen) atoms. The predicted octanol–water partition coefficient (Wildman–Crippen LogP) is 6.09. The maximum absolute atomic E-state index is 13.7. The summed E-state index contributed by atoms with van der Waals surface area (Å²) in [6, 6.07) is 15.2. The first-order valence-corrected chi connectivity index (χ1v) is 14.4. The van der Waals surface area contributed by atoms with Crippen LogP contribution in [0, 0.1) is 0 Å². The van der Waals surface area contributed by atoms with Crippen molar-refractivity contribution >= 4 is 77.3 Å². The molecule has 1 amide bonds. The summed E-state index contributed by atoms with van der Waals surface area (Å²) in [5.74, 6) is -0.192. The third-order valence-corrected chi connectivity index (χ3v) is 8.83. The highest BCUT2D eigenvalue weighted by atomic mass is 79.9. The minimum absolute atomic E-state index is 0.0760. The van der Waals surface area contributed by atoms with E-state index >= 15 is 0 Å². The fraction of sp³-hybridized carbons (Fsp3) is 0.200. The van der Waals surface area contributed by atoms with Crippen molar-refractivity contribution in [2.75, 3.05) is 5.75 Å². The molecule has 2 aromatic heterocycles. The Kier molecular flexibility index (Phi) is 7.52. The minimum Gasteiger partial charge on any atom is -0.272 e. The first kappa shape index (κ1) is 24.4. The number of rotatable bonds is 6. The SMILES string of the molecule is O=C(CSc1nc2sc3c(c2c(=O)n1-c1ccc(Br)cc1)CCCC3)NN=Cc1ccc(Br)cc1. The molecule has 0 saturated carbocycles. The van der Waals surface area contributed by atoms with E-state index in [1.54, 1.807) is 22.1 Å². The number of hydrogen-bond acceptors (Lipinski definition) is 6. The molecule has 2 heterocycles. The number of amides is 1. The topological polar surface area (TPSA) is 76.3 Å². The van der Waals surface area contributed by atoms with Gasteiger partial charge in [-0.15, -0.1) is 11.3 Å². The Hall–Kier alpha value is -2.27. The zero-order chi connectivity index (χ0) is 24.4. The highest BCUT2D eigenvalue weighted by molar-refractivity contribution is 9.10. The molecule has 178 valence electrons. The summed E-state index contributed by atoms with van der Waals surface area (Å²) in [4.78, 5) is 33.1. The maximum atomic E-state index is 13.7. The van der Waals surface area contributed by atoms with E-state index in [9.17, 15) is 9.59 Å². The Bertz CT molecular complexity index is 1480. The Morgan fingerprint density at radius 3 is 2.51 bits per heavy atom. The van der Waals surface area contributed by atoms with Gasteiger partial charge >= 0.3 is 0 Å². The summed E-state index contributed by atoms with van der Waals surface area (Å²) in [5.41, 5.74) is 5.22. The zero-order valence-corrected chi connectivity index (χ0v) is 23.3. The molecule has 0 bridgehead atoms. The normalized spacial score (nSPS) is 13.3. The van der Waals surface area contributed by atoms with Crippen LogP contribution in [0.3, 0.4) is 0 Å². The van der Waals surface area contributed by atoms with Crippen LogP contribution in [0.2, 0.25) is 0 Å². The molecule has 0 spiro atoms. The fourth-order valence-electron chi connectivity index (χ4n) is 3.99. The monoisotopic (exact) mass is 630 g/mol. The van der Waals surface area contributed by atoms with Gasteiger partial charge in [-0.2, -0.15) is 5.10 Å². The summed E-state index contributed by atoms with van der Waals surface area (Å²) < 4.78 is 3.52. The van der Waals surface area contributed by atoms with Gasteiger partial charge in [-0.3, -0.25) is 14.2 Å². The van der Waals surface area contributed by atoms with Crippen LogP contribution in [-0.2, 0) is 17.6 Å². The van der Waals surface area contributed by atoms with Gasteiger partial charge in [0, 0.05) is 13.8 Å². The average Bonchev–Trinajstić information content (AvgIpc) is 3.23. The number of hydrogen-bond donors (Lipinski definition) is 1. The van der Waals surface area contributed by atoms with Crippen molar-refractivity contribution in [3.8, 4) is 5.69 Å². The molecular formula is C25H20Br2N4O2S2. The molecule has 0 unspecified atom stereocenters. The first-order valence-electron chi connectivity index (χ1n) is 11.0. The van der Waals surface area contributed by atoms with Crippen LogP contribution < -0.4 is 11.0 Å². The second-order valence-electron chi connectivity index (χ2n) is 8.04. The van der Waals surface area contributed by atoms with E-state index in [1.807, 2.05) is 48.5 Å². The molecule has 2 aromatic carbocycles. The number of carbonyl (C=O) groups is 1. The number of nitrogens with zero attached hydrogens (tertiary/aromatic N) is 3. The van der Waals surface area contributed by atoms with Gasteiger partial charge in [-0.25, -0.2) is 10.4 Å². The number of aromatic nitrogens is 2. The Balaban J connectivity index is 1.42. The molecule has 6 nitrogen and oxygen atoms in total. The van der Waals surface area contributed by atoms with E-state index in [-0.39, 0.29) is 17.2 Å². The average molecular weight is 632 g/mol. The van der Waals surface area contributed by atoms with Gasteiger partial charge in [0.05, 0.1) is 23.0 Å². The van der Waals surface area contributed by atoms with Gasteiger partial charge in [0.25, 0.3) is 11.5 Å². The van der Waals surface area contributed by atoms with Gasteiger partial charge in [-0.05, 0) is 73.2 Å². The molecule has 1 aliphatic carbocycles. The van der Waals surface area contributed by atoms with E-state index in [0.29, 0.717) is 5.16 Å². The molecule has 0 saturated heterocycles. The molecule has 0 radical (unpaired) electrons. The minimum atomic E-state index is -0.273. The van der Waals surface area contributed by atoms with Gasteiger partial charge in [0.2, 0.25) is 0 Å². The third kappa shape index (κ3) is 5.45. The number of hydrazone groups is 1. The molecule has 1 N–H and O–H groups in total. The third-order valence-electron chi connectivity index (χ3n) is 5.65. The quantitative estimate of drug-likeness (QED) is 0.121. The predicted molar refractivity (Wildman–Crippen MR) is 150 cm³/mol. The number of benzene rings is 2. The lowest BCUT2D eigenvalue weighted by atomic mass is 9.97. The van der Waals surface area contributed by atoms with Gasteiger partial charge in [0.1, 0.15) is 4.83 Å². The van der Waals surface area contributed by atoms with Crippen molar-refractivity contribution in [2.24, 2.45) is 5.10 Å². The standard InChI is InChI=1S/C25H20Br2N4O2S2/c26-16-7-5-15(6-8-16)13-28-30-21(32)14-34-25-29-23-22(19-3-1-2-4-20(19)35-23)24(33)31(25)18-11-9-17(27)10-12-18/h5-13H,1-4,14H2,(H,30,32). The van der Waals surface area contributed by atoms with Crippen LogP contribution in [0.4, 0.5) is 0 Å². The van der Waals surface area contributed by atoms with Crippen LogP contribution in [0.1, 0.15) is 28.8 Å². The number of nitrogens with one attached hydrogen (secondary N) is 1. The molecule has 1 aliphatic rings. The molecular weight excluding hydrogens is 612 g/mol. The highest BCUT2D eigenvalue weighted by Gasteiger charge is 2.23. The lowest BCUT2D eigenvalue weighted by Gasteiger charge is -2.13. The van der Waals surface area contributed by atoms with E-state index in [1.165, 1.54) is 16.6 Å². The van der Waals surface area contributed by atoms with Crippen LogP contribution in [0.5, 0.6) is 0 Å². The van der Waals surface area contributed by atoms with E-state index in [2.05, 4.69) is 42.4 Å². The van der Waals surface area contributed by atoms with Gasteiger partial charge in [0.15, 0.2) is 5.16 Å². The van der Waals surface area contributed by atoms with Crippen molar-refractivity contribution in [1.29, 1.82) is 0 Å². The summed E-state index contributed by atoms with van der Waals surface area (Å²) in [7, 11) is 0. The van der Waals surface area contributed by atoms with Gasteiger partial charge < -0.3 is 0 Å². The summed E-state index contributed by atoms with van der Waals surface area (Å²) in [6.07, 6.45) is 5.73. The zero-order valence-electron chi connectivity index (χ0n) is 18.5. The first-order chi connectivity index (χ1) is 17.0. The number of thioether (sulfide) groups is 1. The molecule has 0 aliphatic heterocycles.